The summed E-state index contributed by atoms with van der Waals surface area (Å²) in [6, 6.07) is 21.9. The van der Waals surface area contributed by atoms with E-state index in [1.165, 1.54) is 11.3 Å². The van der Waals surface area contributed by atoms with E-state index in [0.717, 1.165) is 16.6 Å². The molecule has 3 aromatic carbocycles. The summed E-state index contributed by atoms with van der Waals surface area (Å²) in [7, 11) is 0. The lowest BCUT2D eigenvalue weighted by Crippen LogP contribution is -2.21. The van der Waals surface area contributed by atoms with Crippen LogP contribution in [-0.2, 0) is 9.53 Å². The average molecular weight is 489 g/mol. The lowest BCUT2D eigenvalue weighted by Gasteiger charge is -2.08. The predicted octanol–water partition coefficient (Wildman–Crippen LogP) is 5.80. The van der Waals surface area contributed by atoms with E-state index in [4.69, 9.17) is 16.3 Å². The molecule has 0 spiro atoms. The highest BCUT2D eigenvalue weighted by atomic mass is 35.5. The molecular weight excluding hydrogens is 472 g/mol. The zero-order valence-corrected chi connectivity index (χ0v) is 19.2. The van der Waals surface area contributed by atoms with Gasteiger partial charge in [0.15, 0.2) is 11.7 Å². The van der Waals surface area contributed by atoms with Crippen molar-refractivity contribution in [1.29, 1.82) is 0 Å². The van der Waals surface area contributed by atoms with Gasteiger partial charge < -0.3 is 9.72 Å². The van der Waals surface area contributed by atoms with Gasteiger partial charge >= 0.3 is 5.97 Å². The monoisotopic (exact) mass is 488 g/mol. The molecule has 7 nitrogen and oxygen atoms in total. The maximum Gasteiger partial charge on any atom is 0.339 e. The van der Waals surface area contributed by atoms with Crippen molar-refractivity contribution in [3.63, 3.8) is 0 Å². The Morgan fingerprint density at radius 2 is 1.68 bits per heavy atom. The number of nitrogens with zero attached hydrogens (tertiary/aromatic N) is 2. The molecule has 0 aliphatic heterocycles. The summed E-state index contributed by atoms with van der Waals surface area (Å²) in [5, 5.41) is 5.41. The summed E-state index contributed by atoms with van der Waals surface area (Å²) < 4.78 is 5.27. The predicted molar refractivity (Wildman–Crippen MR) is 133 cm³/mol. The van der Waals surface area contributed by atoms with E-state index in [2.05, 4.69) is 20.3 Å². The van der Waals surface area contributed by atoms with Gasteiger partial charge in [-0.25, -0.2) is 14.8 Å². The van der Waals surface area contributed by atoms with Crippen molar-refractivity contribution in [1.82, 2.24) is 15.0 Å². The highest BCUT2D eigenvalue weighted by molar-refractivity contribution is 7.14. The molecule has 0 saturated carbocycles. The Balaban J connectivity index is 1.25. The van der Waals surface area contributed by atoms with Crippen LogP contribution in [0.15, 0.2) is 78.2 Å². The Hall–Kier alpha value is -4.01. The number of nitrogens with one attached hydrogen (secondary N) is 2. The number of rotatable bonds is 6. The number of imidazole rings is 1. The lowest BCUT2D eigenvalue weighted by atomic mass is 10.1. The first-order valence-electron chi connectivity index (χ1n) is 10.3. The van der Waals surface area contributed by atoms with Crippen molar-refractivity contribution in [2.45, 2.75) is 0 Å². The molecule has 0 saturated heterocycles. The second-order valence-corrected chi connectivity index (χ2v) is 8.56. The van der Waals surface area contributed by atoms with Crippen molar-refractivity contribution in [3.8, 4) is 22.6 Å². The van der Waals surface area contributed by atoms with Crippen LogP contribution in [-0.4, -0.2) is 33.4 Å². The number of thiazole rings is 1. The van der Waals surface area contributed by atoms with Crippen LogP contribution in [0.3, 0.4) is 0 Å². The van der Waals surface area contributed by atoms with Gasteiger partial charge in [0, 0.05) is 21.5 Å². The van der Waals surface area contributed by atoms with Gasteiger partial charge in [-0.15, -0.1) is 11.3 Å². The number of esters is 1. The third-order valence-electron chi connectivity index (χ3n) is 5.03. The van der Waals surface area contributed by atoms with E-state index in [-0.39, 0.29) is 0 Å². The van der Waals surface area contributed by atoms with Crippen LogP contribution < -0.4 is 5.32 Å². The summed E-state index contributed by atoms with van der Waals surface area (Å²) >= 11 is 7.47. The van der Waals surface area contributed by atoms with Crippen molar-refractivity contribution in [2.75, 3.05) is 11.9 Å². The molecule has 168 valence electrons. The Morgan fingerprint density at radius 1 is 0.941 bits per heavy atom. The van der Waals surface area contributed by atoms with E-state index >= 15 is 0 Å². The molecule has 0 aliphatic rings. The molecule has 2 aromatic heterocycles. The molecule has 0 bridgehead atoms. The maximum atomic E-state index is 12.8. The molecule has 2 heterocycles. The molecule has 0 radical (unpaired) electrons. The number of hydrogen-bond donors (Lipinski definition) is 2. The minimum Gasteiger partial charge on any atom is -0.452 e. The smallest absolute Gasteiger partial charge is 0.339 e. The van der Waals surface area contributed by atoms with Crippen LogP contribution in [0.4, 0.5) is 5.13 Å². The number of hydrogen-bond acceptors (Lipinski definition) is 6. The number of carbonyl (C=O) groups excluding carboxylic acids is 2. The van der Waals surface area contributed by atoms with Crippen LogP contribution in [0.25, 0.3) is 33.7 Å². The Kier molecular flexibility index (Phi) is 6.07. The standard InChI is InChI=1S/C25H17ClN4O3S/c26-18-10-4-3-9-17(18)21-14-34-25(29-21)30-22(31)13-33-24(32)16-8-2-1-7-15(16)23-27-19-11-5-6-12-20(19)28-23/h1-12,14H,13H2,(H,27,28)(H,29,30,31). The van der Waals surface area contributed by atoms with Crippen LogP contribution in [0.5, 0.6) is 0 Å². The number of benzene rings is 3. The number of para-hydroxylation sites is 2. The summed E-state index contributed by atoms with van der Waals surface area (Å²) in [5.41, 5.74) is 3.98. The molecular formula is C25H17ClN4O3S. The lowest BCUT2D eigenvalue weighted by molar-refractivity contribution is -0.119. The number of fused-ring (bicyclic) bond motifs is 1. The normalized spacial score (nSPS) is 10.9. The number of ether oxygens (including phenoxy) is 1. The molecule has 9 heteroatoms. The first kappa shape index (κ1) is 21.8. The molecule has 0 atom stereocenters. The summed E-state index contributed by atoms with van der Waals surface area (Å²) in [6.45, 7) is -0.450. The fourth-order valence-electron chi connectivity index (χ4n) is 3.44. The molecule has 34 heavy (non-hydrogen) atoms. The largest absolute Gasteiger partial charge is 0.452 e. The van der Waals surface area contributed by atoms with Gasteiger partial charge in [-0.05, 0) is 24.3 Å². The Labute approximate surface area is 203 Å². The van der Waals surface area contributed by atoms with Gasteiger partial charge in [-0.2, -0.15) is 0 Å². The van der Waals surface area contributed by atoms with E-state index in [1.807, 2.05) is 48.5 Å². The number of halogens is 1. The molecule has 0 unspecified atom stereocenters. The minimum absolute atomic E-state index is 0.310. The number of carbonyl (C=O) groups is 2. The number of amides is 1. The van der Waals surface area contributed by atoms with E-state index < -0.39 is 18.5 Å². The zero-order chi connectivity index (χ0) is 23.5. The molecule has 0 fully saturated rings. The highest BCUT2D eigenvalue weighted by Gasteiger charge is 2.18. The number of H-pyrrole nitrogens is 1. The third kappa shape index (κ3) is 4.54. The summed E-state index contributed by atoms with van der Waals surface area (Å²) in [5.74, 6) is -0.565. The topological polar surface area (TPSA) is 97.0 Å². The Bertz CT molecular complexity index is 1480. The van der Waals surface area contributed by atoms with Crippen LogP contribution in [0, 0.1) is 0 Å². The second kappa shape index (κ2) is 9.46. The Morgan fingerprint density at radius 3 is 2.50 bits per heavy atom. The summed E-state index contributed by atoms with van der Waals surface area (Å²) in [4.78, 5) is 37.3. The number of anilines is 1. The molecule has 5 aromatic rings. The van der Waals surface area contributed by atoms with Gasteiger partial charge in [0.1, 0.15) is 5.82 Å². The molecule has 0 aliphatic carbocycles. The van der Waals surface area contributed by atoms with Crippen LogP contribution in [0.1, 0.15) is 10.4 Å². The average Bonchev–Trinajstić information content (AvgIpc) is 3.50. The van der Waals surface area contributed by atoms with Crippen molar-refractivity contribution >= 4 is 51.0 Å². The van der Waals surface area contributed by atoms with Gasteiger partial charge in [0.2, 0.25) is 0 Å². The highest BCUT2D eigenvalue weighted by Crippen LogP contribution is 2.30. The molecule has 5 rings (SSSR count). The fourth-order valence-corrected chi connectivity index (χ4v) is 4.40. The maximum absolute atomic E-state index is 12.8. The van der Waals surface area contributed by atoms with Crippen molar-refractivity contribution < 1.29 is 14.3 Å². The third-order valence-corrected chi connectivity index (χ3v) is 6.11. The second-order valence-electron chi connectivity index (χ2n) is 7.29. The molecule has 1 amide bonds. The van der Waals surface area contributed by atoms with Crippen molar-refractivity contribution in [3.05, 3.63) is 88.8 Å². The van der Waals surface area contributed by atoms with E-state index in [9.17, 15) is 9.59 Å². The quantitative estimate of drug-likeness (QED) is 0.294. The fraction of sp³-hybridized carbons (Fsp3) is 0.0400. The van der Waals surface area contributed by atoms with E-state index in [0.29, 0.717) is 32.8 Å². The zero-order valence-electron chi connectivity index (χ0n) is 17.6. The SMILES string of the molecule is O=C(COC(=O)c1ccccc1-c1nc2ccccc2[nH]1)Nc1nc(-c2ccccc2Cl)cs1. The van der Waals surface area contributed by atoms with Crippen LogP contribution >= 0.6 is 22.9 Å². The molecule has 2 N–H and O–H groups in total. The number of aromatic nitrogens is 3. The first-order chi connectivity index (χ1) is 16.6. The van der Waals surface area contributed by atoms with Crippen molar-refractivity contribution in [2.24, 2.45) is 0 Å². The van der Waals surface area contributed by atoms with Crippen LogP contribution in [0.2, 0.25) is 5.02 Å². The van der Waals surface area contributed by atoms with Gasteiger partial charge in [-0.3, -0.25) is 10.1 Å². The van der Waals surface area contributed by atoms with Gasteiger partial charge in [0.05, 0.1) is 22.3 Å². The number of aromatic amines is 1. The minimum atomic E-state index is -0.623. The van der Waals surface area contributed by atoms with Gasteiger partial charge in [-0.1, -0.05) is 60.1 Å². The van der Waals surface area contributed by atoms with E-state index in [1.54, 1.807) is 29.6 Å². The first-order valence-corrected chi connectivity index (χ1v) is 11.6. The van der Waals surface area contributed by atoms with Gasteiger partial charge in [0.25, 0.3) is 5.91 Å². The summed E-state index contributed by atoms with van der Waals surface area (Å²) in [6.07, 6.45) is 0.